The first-order valence-corrected chi connectivity index (χ1v) is 7.86. The standard InChI is InChI=1S/C14H25N5O5/c1-15-6-9-7-19(18-17-9)8-11-14(22)13(21)10(24-11)5-12(20)16-3-4-23-2/h7,10-11,13-15,21-22H,3-6,8H2,1-2H3,(H,16,20). The van der Waals surface area contributed by atoms with Gasteiger partial charge in [0.1, 0.15) is 18.3 Å². The molecule has 0 aromatic carbocycles. The smallest absolute Gasteiger partial charge is 0.222 e. The van der Waals surface area contributed by atoms with Crippen molar-refractivity contribution >= 4 is 5.91 Å². The number of aliphatic hydroxyl groups excluding tert-OH is 2. The zero-order valence-electron chi connectivity index (χ0n) is 13.9. The summed E-state index contributed by atoms with van der Waals surface area (Å²) in [5.41, 5.74) is 0.764. The van der Waals surface area contributed by atoms with Crippen molar-refractivity contribution < 1.29 is 24.5 Å². The Kier molecular flexibility index (Phi) is 7.06. The van der Waals surface area contributed by atoms with Crippen LogP contribution < -0.4 is 10.6 Å². The van der Waals surface area contributed by atoms with Crippen LogP contribution in [0.4, 0.5) is 0 Å². The highest BCUT2D eigenvalue weighted by Gasteiger charge is 2.43. The van der Waals surface area contributed by atoms with E-state index in [1.807, 2.05) is 7.05 Å². The molecule has 0 saturated carbocycles. The molecule has 1 aliphatic rings. The third-order valence-electron chi connectivity index (χ3n) is 3.79. The summed E-state index contributed by atoms with van der Waals surface area (Å²) in [5.74, 6) is -0.263. The Labute approximate surface area is 140 Å². The maximum atomic E-state index is 11.8. The number of ether oxygens (including phenoxy) is 2. The van der Waals surface area contributed by atoms with Gasteiger partial charge in [-0.3, -0.25) is 4.79 Å². The molecule has 136 valence electrons. The molecule has 0 radical (unpaired) electrons. The highest BCUT2D eigenvalue weighted by atomic mass is 16.5. The normalized spacial score (nSPS) is 26.7. The molecule has 1 aromatic rings. The Morgan fingerprint density at radius 2 is 2.17 bits per heavy atom. The topological polar surface area (TPSA) is 131 Å². The molecule has 2 rings (SSSR count). The third-order valence-corrected chi connectivity index (χ3v) is 3.79. The number of rotatable bonds is 9. The van der Waals surface area contributed by atoms with Crippen LogP contribution in [0.25, 0.3) is 0 Å². The highest BCUT2D eigenvalue weighted by molar-refractivity contribution is 5.76. The number of carbonyl (C=O) groups excluding carboxylic acids is 1. The van der Waals surface area contributed by atoms with Crippen molar-refractivity contribution in [1.29, 1.82) is 0 Å². The fraction of sp³-hybridized carbons (Fsp3) is 0.786. The van der Waals surface area contributed by atoms with Gasteiger partial charge in [-0.25, -0.2) is 4.68 Å². The minimum absolute atomic E-state index is 0.0270. The molecule has 24 heavy (non-hydrogen) atoms. The minimum atomic E-state index is -1.12. The Morgan fingerprint density at radius 3 is 2.88 bits per heavy atom. The van der Waals surface area contributed by atoms with Crippen LogP contribution in [-0.2, 0) is 27.4 Å². The van der Waals surface area contributed by atoms with Gasteiger partial charge >= 0.3 is 0 Å². The summed E-state index contributed by atoms with van der Waals surface area (Å²) in [6.45, 7) is 1.63. The van der Waals surface area contributed by atoms with E-state index in [2.05, 4.69) is 20.9 Å². The van der Waals surface area contributed by atoms with E-state index in [0.717, 1.165) is 5.69 Å². The molecule has 10 nitrogen and oxygen atoms in total. The maximum Gasteiger partial charge on any atom is 0.222 e. The summed E-state index contributed by atoms with van der Waals surface area (Å²) in [6, 6.07) is 0. The predicted molar refractivity (Wildman–Crippen MR) is 83.0 cm³/mol. The van der Waals surface area contributed by atoms with E-state index < -0.39 is 24.4 Å². The number of methoxy groups -OCH3 is 1. The monoisotopic (exact) mass is 343 g/mol. The molecule has 1 aliphatic heterocycles. The maximum absolute atomic E-state index is 11.8. The number of carbonyl (C=O) groups is 1. The second-order valence-electron chi connectivity index (χ2n) is 5.70. The van der Waals surface area contributed by atoms with E-state index in [1.54, 1.807) is 18.0 Å². The number of hydrogen-bond acceptors (Lipinski definition) is 8. The average molecular weight is 343 g/mol. The zero-order chi connectivity index (χ0) is 17.5. The Balaban J connectivity index is 1.85. The second-order valence-corrected chi connectivity index (χ2v) is 5.70. The molecule has 1 fully saturated rings. The minimum Gasteiger partial charge on any atom is -0.388 e. The number of nitrogens with zero attached hydrogens (tertiary/aromatic N) is 3. The molecular formula is C14H25N5O5. The van der Waals surface area contributed by atoms with E-state index in [-0.39, 0.29) is 18.9 Å². The molecule has 1 aromatic heterocycles. The first kappa shape index (κ1) is 18.7. The SMILES string of the molecule is CNCc1cn(CC2OC(CC(=O)NCCOC)C(O)C2O)nn1. The van der Waals surface area contributed by atoms with E-state index in [0.29, 0.717) is 19.7 Å². The predicted octanol–water partition coefficient (Wildman–Crippen LogP) is -2.36. The van der Waals surface area contributed by atoms with Crippen molar-refractivity contribution in [3.8, 4) is 0 Å². The molecule has 4 N–H and O–H groups in total. The lowest BCUT2D eigenvalue weighted by Crippen LogP contribution is -2.37. The van der Waals surface area contributed by atoms with Gasteiger partial charge in [-0.15, -0.1) is 5.10 Å². The fourth-order valence-corrected chi connectivity index (χ4v) is 2.57. The third kappa shape index (κ3) is 4.95. The van der Waals surface area contributed by atoms with E-state index in [4.69, 9.17) is 9.47 Å². The van der Waals surface area contributed by atoms with Crippen LogP contribution in [0.1, 0.15) is 12.1 Å². The fourth-order valence-electron chi connectivity index (χ4n) is 2.57. The second kappa shape index (κ2) is 9.04. The van der Waals surface area contributed by atoms with Gasteiger partial charge in [-0.05, 0) is 7.05 Å². The van der Waals surface area contributed by atoms with Crippen molar-refractivity contribution in [1.82, 2.24) is 25.6 Å². The molecule has 10 heteroatoms. The number of nitrogens with one attached hydrogen (secondary N) is 2. The molecule has 4 atom stereocenters. The zero-order valence-corrected chi connectivity index (χ0v) is 13.9. The van der Waals surface area contributed by atoms with Crippen LogP contribution in [-0.4, -0.2) is 82.8 Å². The van der Waals surface area contributed by atoms with Crippen molar-refractivity contribution in [2.75, 3.05) is 27.3 Å². The summed E-state index contributed by atoms with van der Waals surface area (Å²) in [5, 5.41) is 33.8. The van der Waals surface area contributed by atoms with Crippen molar-refractivity contribution in [3.05, 3.63) is 11.9 Å². The van der Waals surface area contributed by atoms with Gasteiger partial charge in [0.2, 0.25) is 5.91 Å². The molecular weight excluding hydrogens is 318 g/mol. The lowest BCUT2D eigenvalue weighted by molar-refractivity contribution is -0.125. The van der Waals surface area contributed by atoms with Crippen LogP contribution >= 0.6 is 0 Å². The molecule has 2 heterocycles. The van der Waals surface area contributed by atoms with Crippen molar-refractivity contribution in [2.24, 2.45) is 0 Å². The van der Waals surface area contributed by atoms with E-state index in [1.165, 1.54) is 0 Å². The first-order chi connectivity index (χ1) is 11.5. The summed E-state index contributed by atoms with van der Waals surface area (Å²) < 4.78 is 12.0. The Bertz CT molecular complexity index is 525. The van der Waals surface area contributed by atoms with Gasteiger partial charge in [0.05, 0.1) is 31.4 Å². The van der Waals surface area contributed by atoms with Gasteiger partial charge in [-0.1, -0.05) is 5.21 Å². The Morgan fingerprint density at radius 1 is 1.42 bits per heavy atom. The lowest BCUT2D eigenvalue weighted by atomic mass is 10.1. The van der Waals surface area contributed by atoms with Crippen molar-refractivity contribution in [3.63, 3.8) is 0 Å². The summed E-state index contributed by atoms with van der Waals surface area (Å²) in [6.07, 6.45) is -1.90. The van der Waals surface area contributed by atoms with Crippen LogP contribution in [0.2, 0.25) is 0 Å². The van der Waals surface area contributed by atoms with Gasteiger partial charge in [0.15, 0.2) is 0 Å². The summed E-state index contributed by atoms with van der Waals surface area (Å²) >= 11 is 0. The summed E-state index contributed by atoms with van der Waals surface area (Å²) in [7, 11) is 3.35. The quantitative estimate of drug-likeness (QED) is 0.366. The molecule has 4 unspecified atom stereocenters. The summed E-state index contributed by atoms with van der Waals surface area (Å²) in [4.78, 5) is 11.8. The van der Waals surface area contributed by atoms with Crippen LogP contribution in [0.15, 0.2) is 6.20 Å². The number of aliphatic hydroxyl groups is 2. The van der Waals surface area contributed by atoms with Gasteiger partial charge in [0.25, 0.3) is 0 Å². The van der Waals surface area contributed by atoms with Crippen LogP contribution in [0.5, 0.6) is 0 Å². The number of amides is 1. The molecule has 1 amide bonds. The van der Waals surface area contributed by atoms with Crippen molar-refractivity contribution in [2.45, 2.75) is 43.9 Å². The molecule has 0 aliphatic carbocycles. The molecule has 0 spiro atoms. The lowest BCUT2D eigenvalue weighted by Gasteiger charge is -2.14. The molecule has 1 saturated heterocycles. The number of hydrogen-bond donors (Lipinski definition) is 4. The first-order valence-electron chi connectivity index (χ1n) is 7.86. The Hall–Kier alpha value is -1.59. The van der Waals surface area contributed by atoms with Crippen LogP contribution in [0.3, 0.4) is 0 Å². The number of aromatic nitrogens is 3. The van der Waals surface area contributed by atoms with E-state index >= 15 is 0 Å². The van der Waals surface area contributed by atoms with Gasteiger partial charge < -0.3 is 30.3 Å². The van der Waals surface area contributed by atoms with E-state index in [9.17, 15) is 15.0 Å². The average Bonchev–Trinajstić information content (AvgIpc) is 3.09. The largest absolute Gasteiger partial charge is 0.388 e. The van der Waals surface area contributed by atoms with Crippen LogP contribution in [0, 0.1) is 0 Å². The highest BCUT2D eigenvalue weighted by Crippen LogP contribution is 2.24. The van der Waals surface area contributed by atoms with Gasteiger partial charge in [-0.2, -0.15) is 0 Å². The van der Waals surface area contributed by atoms with Gasteiger partial charge in [0, 0.05) is 26.4 Å². The molecule has 0 bridgehead atoms.